The summed E-state index contributed by atoms with van der Waals surface area (Å²) in [6.45, 7) is 3.92. The number of rotatable bonds is 7. The summed E-state index contributed by atoms with van der Waals surface area (Å²) < 4.78 is 45.5. The van der Waals surface area contributed by atoms with E-state index in [0.717, 1.165) is 12.1 Å². The summed E-state index contributed by atoms with van der Waals surface area (Å²) in [6, 6.07) is 3.42. The summed E-state index contributed by atoms with van der Waals surface area (Å²) in [6.07, 6.45) is 1.13. The van der Waals surface area contributed by atoms with Crippen LogP contribution < -0.4 is 15.2 Å². The van der Waals surface area contributed by atoms with Gasteiger partial charge in [-0.05, 0) is 25.0 Å². The monoisotopic (exact) mass is 304 g/mol. The number of methoxy groups -OCH3 is 1. The van der Waals surface area contributed by atoms with Crippen molar-refractivity contribution in [2.24, 2.45) is 5.73 Å². The van der Waals surface area contributed by atoms with Crippen LogP contribution in [-0.4, -0.2) is 27.6 Å². The average molecular weight is 304 g/mol. The Balaban J connectivity index is 3.17. The van der Waals surface area contributed by atoms with Gasteiger partial charge in [0, 0.05) is 18.2 Å². The summed E-state index contributed by atoms with van der Waals surface area (Å²) in [7, 11) is -2.50. The van der Waals surface area contributed by atoms with Crippen molar-refractivity contribution in [3.05, 3.63) is 24.0 Å². The van der Waals surface area contributed by atoms with Gasteiger partial charge in [0.05, 0.1) is 12.0 Å². The molecule has 5 nitrogen and oxygen atoms in total. The molecule has 0 aromatic heterocycles. The van der Waals surface area contributed by atoms with E-state index in [0.29, 0.717) is 12.8 Å². The highest BCUT2D eigenvalue weighted by atomic mass is 32.2. The smallest absolute Gasteiger partial charge is 0.241 e. The Labute approximate surface area is 119 Å². The van der Waals surface area contributed by atoms with Gasteiger partial charge in [-0.2, -0.15) is 0 Å². The maximum Gasteiger partial charge on any atom is 0.241 e. The molecule has 0 radical (unpaired) electrons. The average Bonchev–Trinajstić information content (AvgIpc) is 2.45. The molecule has 0 unspecified atom stereocenters. The van der Waals surface area contributed by atoms with E-state index in [1.807, 2.05) is 13.8 Å². The number of hydrogen-bond donors (Lipinski definition) is 2. The van der Waals surface area contributed by atoms with Crippen LogP contribution in [-0.2, 0) is 10.0 Å². The van der Waals surface area contributed by atoms with Crippen molar-refractivity contribution < 1.29 is 17.5 Å². The van der Waals surface area contributed by atoms with Gasteiger partial charge < -0.3 is 10.5 Å². The van der Waals surface area contributed by atoms with E-state index in [1.54, 1.807) is 0 Å². The molecule has 7 heteroatoms. The Morgan fingerprint density at radius 3 is 2.40 bits per heavy atom. The summed E-state index contributed by atoms with van der Waals surface area (Å²) in [5, 5.41) is 0. The van der Waals surface area contributed by atoms with Crippen molar-refractivity contribution in [1.82, 2.24) is 4.72 Å². The molecule has 3 N–H and O–H groups in total. The molecule has 1 aromatic rings. The minimum absolute atomic E-state index is 0.0459. The van der Waals surface area contributed by atoms with E-state index in [1.165, 1.54) is 13.2 Å². The number of ether oxygens (including phenoxy) is 1. The number of nitrogens with one attached hydrogen (secondary N) is 1. The van der Waals surface area contributed by atoms with Crippen molar-refractivity contribution in [3.63, 3.8) is 0 Å². The first-order valence-corrected chi connectivity index (χ1v) is 7.90. The van der Waals surface area contributed by atoms with Crippen molar-refractivity contribution in [2.75, 3.05) is 13.7 Å². The molecule has 0 aliphatic rings. The lowest BCUT2D eigenvalue weighted by Gasteiger charge is -2.31. The highest BCUT2D eigenvalue weighted by molar-refractivity contribution is 7.89. The fourth-order valence-corrected chi connectivity index (χ4v) is 3.45. The van der Waals surface area contributed by atoms with Crippen LogP contribution in [0.3, 0.4) is 0 Å². The second-order valence-corrected chi connectivity index (χ2v) is 6.28. The Hall–Kier alpha value is -1.18. The molecule has 0 bridgehead atoms. The summed E-state index contributed by atoms with van der Waals surface area (Å²) in [5.74, 6) is -0.721. The third kappa shape index (κ3) is 3.47. The molecule has 0 fully saturated rings. The van der Waals surface area contributed by atoms with Crippen molar-refractivity contribution in [1.29, 1.82) is 0 Å². The van der Waals surface area contributed by atoms with Gasteiger partial charge >= 0.3 is 0 Å². The van der Waals surface area contributed by atoms with Gasteiger partial charge in [0.1, 0.15) is 0 Å². The molecule has 0 aliphatic carbocycles. The minimum atomic E-state index is -3.78. The van der Waals surface area contributed by atoms with Crippen LogP contribution >= 0.6 is 0 Å². The lowest BCUT2D eigenvalue weighted by molar-refractivity contribution is 0.362. The molecule has 0 atom stereocenters. The molecule has 0 amide bonds. The predicted octanol–water partition coefficient (Wildman–Crippen LogP) is 1.63. The van der Waals surface area contributed by atoms with Gasteiger partial charge in [-0.15, -0.1) is 0 Å². The molecular weight excluding hydrogens is 283 g/mol. The second-order valence-electron chi connectivity index (χ2n) is 4.59. The van der Waals surface area contributed by atoms with Crippen LogP contribution in [0.15, 0.2) is 23.1 Å². The van der Waals surface area contributed by atoms with E-state index in [-0.39, 0.29) is 17.2 Å². The van der Waals surface area contributed by atoms with E-state index >= 15 is 0 Å². The van der Waals surface area contributed by atoms with E-state index in [4.69, 9.17) is 10.5 Å². The number of sulfonamides is 1. The highest BCUT2D eigenvalue weighted by Crippen LogP contribution is 2.23. The Morgan fingerprint density at radius 1 is 1.35 bits per heavy atom. The Morgan fingerprint density at radius 2 is 1.95 bits per heavy atom. The van der Waals surface area contributed by atoms with E-state index < -0.39 is 21.4 Å². The molecule has 1 aromatic carbocycles. The summed E-state index contributed by atoms with van der Waals surface area (Å²) in [5.41, 5.74) is 4.99. The molecule has 0 aliphatic heterocycles. The molecule has 0 spiro atoms. The molecule has 1 rings (SSSR count). The quantitative estimate of drug-likeness (QED) is 0.802. The predicted molar refractivity (Wildman–Crippen MR) is 75.6 cm³/mol. The lowest BCUT2D eigenvalue weighted by atomic mass is 9.95. The van der Waals surface area contributed by atoms with Gasteiger partial charge in [0.25, 0.3) is 0 Å². The standard InChI is InChI=1S/C13H21FN2O3S/c1-4-13(5-2,9-15)16-20(17,18)10-6-7-11(14)12(8-10)19-3/h6-8,16H,4-5,9,15H2,1-3H3. The highest BCUT2D eigenvalue weighted by Gasteiger charge is 2.31. The zero-order chi connectivity index (χ0) is 15.4. The van der Waals surface area contributed by atoms with Gasteiger partial charge in [0.2, 0.25) is 10.0 Å². The topological polar surface area (TPSA) is 81.4 Å². The number of nitrogens with two attached hydrogens (primary N) is 1. The maximum atomic E-state index is 13.3. The first-order chi connectivity index (χ1) is 9.34. The van der Waals surface area contributed by atoms with E-state index in [2.05, 4.69) is 4.72 Å². The first-order valence-electron chi connectivity index (χ1n) is 6.41. The zero-order valence-corrected chi connectivity index (χ0v) is 12.8. The lowest BCUT2D eigenvalue weighted by Crippen LogP contribution is -2.52. The number of hydrogen-bond acceptors (Lipinski definition) is 4. The van der Waals surface area contributed by atoms with Crippen molar-refractivity contribution >= 4 is 10.0 Å². The zero-order valence-electron chi connectivity index (χ0n) is 11.9. The van der Waals surface area contributed by atoms with Crippen molar-refractivity contribution in [3.8, 4) is 5.75 Å². The Bertz CT molecular complexity index is 548. The molecule has 0 saturated heterocycles. The molecule has 114 valence electrons. The first kappa shape index (κ1) is 16.9. The number of halogens is 1. The third-order valence-electron chi connectivity index (χ3n) is 3.53. The molecule has 0 saturated carbocycles. The largest absolute Gasteiger partial charge is 0.494 e. The fourth-order valence-electron chi connectivity index (χ4n) is 1.88. The maximum absolute atomic E-state index is 13.3. The van der Waals surface area contributed by atoms with Crippen LogP contribution in [0.5, 0.6) is 5.75 Å². The summed E-state index contributed by atoms with van der Waals surface area (Å²) in [4.78, 5) is -0.0459. The Kier molecular flexibility index (Phi) is 5.50. The molecule has 0 heterocycles. The van der Waals surface area contributed by atoms with Crippen LogP contribution in [0.2, 0.25) is 0 Å². The molecular formula is C13H21FN2O3S. The number of benzene rings is 1. The van der Waals surface area contributed by atoms with Gasteiger partial charge in [-0.3, -0.25) is 0 Å². The van der Waals surface area contributed by atoms with Crippen LogP contribution in [0.25, 0.3) is 0 Å². The van der Waals surface area contributed by atoms with Crippen LogP contribution in [0.1, 0.15) is 26.7 Å². The summed E-state index contributed by atoms with van der Waals surface area (Å²) >= 11 is 0. The van der Waals surface area contributed by atoms with Gasteiger partial charge in [-0.1, -0.05) is 13.8 Å². The fraction of sp³-hybridized carbons (Fsp3) is 0.538. The SMILES string of the molecule is CCC(CC)(CN)NS(=O)(=O)c1ccc(F)c(OC)c1. The van der Waals surface area contributed by atoms with Crippen LogP contribution in [0, 0.1) is 5.82 Å². The van der Waals surface area contributed by atoms with Crippen molar-refractivity contribution in [2.45, 2.75) is 37.1 Å². The second kappa shape index (κ2) is 6.51. The third-order valence-corrected chi connectivity index (χ3v) is 5.10. The normalized spacial score (nSPS) is 12.4. The van der Waals surface area contributed by atoms with Gasteiger partial charge in [-0.25, -0.2) is 17.5 Å². The van der Waals surface area contributed by atoms with Gasteiger partial charge in [0.15, 0.2) is 11.6 Å². The van der Waals surface area contributed by atoms with Crippen LogP contribution in [0.4, 0.5) is 4.39 Å². The van der Waals surface area contributed by atoms with E-state index in [9.17, 15) is 12.8 Å². The minimum Gasteiger partial charge on any atom is -0.494 e. The molecule has 20 heavy (non-hydrogen) atoms.